The van der Waals surface area contributed by atoms with Crippen LogP contribution >= 0.6 is 0 Å². The fourth-order valence-corrected chi connectivity index (χ4v) is 3.61. The van der Waals surface area contributed by atoms with Gasteiger partial charge in [-0.2, -0.15) is 13.2 Å². The van der Waals surface area contributed by atoms with Gasteiger partial charge in [-0.25, -0.2) is 4.79 Å². The largest absolute Gasteiger partial charge is 0.440 e. The normalized spacial score (nSPS) is 18.2. The second-order valence-corrected chi connectivity index (χ2v) is 7.13. The summed E-state index contributed by atoms with van der Waals surface area (Å²) >= 11 is 0. The number of piperidine rings is 1. The van der Waals surface area contributed by atoms with Crippen molar-refractivity contribution in [2.45, 2.75) is 31.9 Å². The second-order valence-electron chi connectivity index (χ2n) is 7.13. The maximum atomic E-state index is 12.7. The Kier molecular flexibility index (Phi) is 6.31. The Balaban J connectivity index is 1.51. The highest BCUT2D eigenvalue weighted by Gasteiger charge is 2.33. The van der Waals surface area contributed by atoms with Crippen molar-refractivity contribution < 1.29 is 27.5 Å². The Hall–Kier alpha value is -2.45. The number of alkyl halides is 3. The van der Waals surface area contributed by atoms with Gasteiger partial charge in [0.2, 0.25) is 5.91 Å². The maximum Gasteiger partial charge on any atom is 0.422 e. The molecule has 28 heavy (non-hydrogen) atoms. The van der Waals surface area contributed by atoms with Crippen LogP contribution in [-0.4, -0.2) is 55.9 Å². The molecule has 2 saturated heterocycles. The fraction of sp³-hybridized carbons (Fsp3) is 0.579. The molecule has 154 valence electrons. The van der Waals surface area contributed by atoms with Gasteiger partial charge < -0.3 is 19.9 Å². The first-order chi connectivity index (χ1) is 13.3. The van der Waals surface area contributed by atoms with Crippen LogP contribution in [0.15, 0.2) is 24.3 Å². The van der Waals surface area contributed by atoms with Gasteiger partial charge in [0.15, 0.2) is 6.61 Å². The van der Waals surface area contributed by atoms with Crippen LogP contribution in [0.5, 0.6) is 0 Å². The van der Waals surface area contributed by atoms with Crippen molar-refractivity contribution in [3.8, 4) is 0 Å². The highest BCUT2D eigenvalue weighted by Crippen LogP contribution is 2.30. The minimum Gasteiger partial charge on any atom is -0.440 e. The van der Waals surface area contributed by atoms with Gasteiger partial charge >= 0.3 is 12.3 Å². The third-order valence-corrected chi connectivity index (χ3v) is 5.09. The minimum absolute atomic E-state index is 0.130. The van der Waals surface area contributed by atoms with Gasteiger partial charge in [-0.15, -0.1) is 0 Å². The average Bonchev–Trinajstić information content (AvgIpc) is 3.20. The van der Waals surface area contributed by atoms with E-state index >= 15 is 0 Å². The topological polar surface area (TPSA) is 61.9 Å². The molecule has 2 aliphatic rings. The van der Waals surface area contributed by atoms with E-state index in [0.717, 1.165) is 37.3 Å². The van der Waals surface area contributed by atoms with Gasteiger partial charge in [0.05, 0.1) is 11.4 Å². The average molecular weight is 399 g/mol. The molecular weight excluding hydrogens is 375 g/mol. The summed E-state index contributed by atoms with van der Waals surface area (Å²) in [5.74, 6) is -0.423. The predicted molar refractivity (Wildman–Crippen MR) is 98.2 cm³/mol. The molecule has 1 N–H and O–H groups in total. The molecule has 0 bridgehead atoms. The van der Waals surface area contributed by atoms with E-state index in [1.165, 1.54) is 4.90 Å². The molecule has 1 aromatic rings. The van der Waals surface area contributed by atoms with Crippen LogP contribution in [0.2, 0.25) is 0 Å². The summed E-state index contributed by atoms with van der Waals surface area (Å²) < 4.78 is 40.7. The third-order valence-electron chi connectivity index (χ3n) is 5.09. The smallest absolute Gasteiger partial charge is 0.422 e. The summed E-state index contributed by atoms with van der Waals surface area (Å²) in [6.45, 7) is 0.723. The van der Waals surface area contributed by atoms with Crippen molar-refractivity contribution in [3.05, 3.63) is 24.3 Å². The van der Waals surface area contributed by atoms with Crippen LogP contribution in [0.25, 0.3) is 0 Å². The summed E-state index contributed by atoms with van der Waals surface area (Å²) in [4.78, 5) is 27.8. The molecule has 2 aliphatic heterocycles. The highest BCUT2D eigenvalue weighted by molar-refractivity contribution is 5.96. The highest BCUT2D eigenvalue weighted by atomic mass is 19.4. The van der Waals surface area contributed by atoms with Gasteiger partial charge in [0.25, 0.3) is 0 Å². The minimum atomic E-state index is -4.55. The summed E-state index contributed by atoms with van der Waals surface area (Å²) in [5, 5.41) is 2.98. The Labute approximate surface area is 161 Å². The van der Waals surface area contributed by atoms with Crippen LogP contribution in [0.3, 0.4) is 0 Å². The zero-order valence-corrected chi connectivity index (χ0v) is 15.5. The predicted octanol–water partition coefficient (Wildman–Crippen LogP) is 3.64. The van der Waals surface area contributed by atoms with E-state index in [1.807, 2.05) is 24.3 Å². The Morgan fingerprint density at radius 2 is 1.71 bits per heavy atom. The molecule has 0 aromatic heterocycles. The number of nitrogens with one attached hydrogen (secondary N) is 1. The molecule has 0 radical (unpaired) electrons. The number of carbonyl (C=O) groups is 2. The summed E-state index contributed by atoms with van der Waals surface area (Å²) in [6, 6.07) is 7.66. The summed E-state index contributed by atoms with van der Waals surface area (Å²) in [5.41, 5.74) is 1.77. The summed E-state index contributed by atoms with van der Waals surface area (Å²) in [6.07, 6.45) is -2.50. The number of para-hydroxylation sites is 2. The van der Waals surface area contributed by atoms with Crippen molar-refractivity contribution >= 4 is 23.4 Å². The zero-order chi connectivity index (χ0) is 20.1. The van der Waals surface area contributed by atoms with E-state index in [1.54, 1.807) is 0 Å². The molecule has 2 heterocycles. The van der Waals surface area contributed by atoms with E-state index in [9.17, 15) is 22.8 Å². The molecule has 6 nitrogen and oxygen atoms in total. The van der Waals surface area contributed by atoms with Crippen molar-refractivity contribution in [1.82, 2.24) is 4.90 Å². The molecule has 2 amide bonds. The lowest BCUT2D eigenvalue weighted by molar-refractivity contribution is -0.162. The van der Waals surface area contributed by atoms with E-state index in [2.05, 4.69) is 15.0 Å². The van der Waals surface area contributed by atoms with Gasteiger partial charge in [-0.3, -0.25) is 4.79 Å². The van der Waals surface area contributed by atoms with Crippen LogP contribution < -0.4 is 10.2 Å². The number of nitrogens with zero attached hydrogens (tertiary/aromatic N) is 2. The van der Waals surface area contributed by atoms with Gasteiger partial charge in [-0.1, -0.05) is 12.1 Å². The first-order valence-electron chi connectivity index (χ1n) is 9.47. The number of ether oxygens (including phenoxy) is 1. The van der Waals surface area contributed by atoms with E-state index < -0.39 is 18.9 Å². The molecule has 3 rings (SSSR count). The van der Waals surface area contributed by atoms with E-state index in [4.69, 9.17) is 0 Å². The molecule has 0 spiro atoms. The van der Waals surface area contributed by atoms with Gasteiger partial charge in [-0.05, 0) is 37.8 Å². The molecular formula is C19H24F3N3O3. The monoisotopic (exact) mass is 399 g/mol. The lowest BCUT2D eigenvalue weighted by Crippen LogP contribution is -2.42. The molecule has 0 unspecified atom stereocenters. The fourth-order valence-electron chi connectivity index (χ4n) is 3.61. The first kappa shape index (κ1) is 20.3. The molecule has 0 aliphatic carbocycles. The van der Waals surface area contributed by atoms with Crippen LogP contribution in [0, 0.1) is 5.92 Å². The Bertz CT molecular complexity index is 697. The number of amides is 2. The number of hydrogen-bond donors (Lipinski definition) is 1. The quantitative estimate of drug-likeness (QED) is 0.840. The number of likely N-dealkylation sites (tertiary alicyclic amines) is 1. The number of carbonyl (C=O) groups excluding carboxylic acids is 2. The van der Waals surface area contributed by atoms with E-state index in [-0.39, 0.29) is 24.9 Å². The zero-order valence-electron chi connectivity index (χ0n) is 15.5. The Morgan fingerprint density at radius 3 is 2.36 bits per heavy atom. The summed E-state index contributed by atoms with van der Waals surface area (Å²) in [7, 11) is 0. The van der Waals surface area contributed by atoms with Crippen molar-refractivity contribution in [3.63, 3.8) is 0 Å². The van der Waals surface area contributed by atoms with Crippen LogP contribution in [0.1, 0.15) is 25.7 Å². The van der Waals surface area contributed by atoms with Crippen LogP contribution in [-0.2, 0) is 9.53 Å². The molecule has 9 heteroatoms. The molecule has 1 aromatic carbocycles. The number of halogens is 3. The van der Waals surface area contributed by atoms with Crippen LogP contribution in [0.4, 0.5) is 29.3 Å². The molecule has 0 atom stereocenters. The lowest BCUT2D eigenvalue weighted by Gasteiger charge is -2.31. The SMILES string of the molecule is O=C(Nc1ccccc1N1CCCC1)C1CCN(C(=O)OCC(F)(F)F)CC1. The van der Waals surface area contributed by atoms with Gasteiger partial charge in [0.1, 0.15) is 0 Å². The molecule has 2 fully saturated rings. The molecule has 0 saturated carbocycles. The van der Waals surface area contributed by atoms with Crippen molar-refractivity contribution in [1.29, 1.82) is 0 Å². The maximum absolute atomic E-state index is 12.7. The van der Waals surface area contributed by atoms with Crippen molar-refractivity contribution in [2.24, 2.45) is 5.92 Å². The van der Waals surface area contributed by atoms with Crippen molar-refractivity contribution in [2.75, 3.05) is 43.0 Å². The number of rotatable bonds is 4. The van der Waals surface area contributed by atoms with E-state index in [0.29, 0.717) is 12.8 Å². The lowest BCUT2D eigenvalue weighted by atomic mass is 9.96. The third kappa shape index (κ3) is 5.30. The number of hydrogen-bond acceptors (Lipinski definition) is 4. The first-order valence-corrected chi connectivity index (χ1v) is 9.47. The standard InChI is InChI=1S/C19H24F3N3O3/c20-19(21,22)13-28-18(27)25-11-7-14(8-12-25)17(26)23-15-5-1-2-6-16(15)24-9-3-4-10-24/h1-2,5-6,14H,3-4,7-13H2,(H,23,26). The number of benzene rings is 1. The number of anilines is 2. The van der Waals surface area contributed by atoms with Gasteiger partial charge in [0, 0.05) is 32.1 Å². The Morgan fingerprint density at radius 1 is 1.07 bits per heavy atom. The second kappa shape index (κ2) is 8.70.